The lowest BCUT2D eigenvalue weighted by molar-refractivity contribution is -0.137. The van der Waals surface area contributed by atoms with E-state index in [9.17, 15) is 9.59 Å². The Morgan fingerprint density at radius 2 is 1.44 bits per heavy atom. The largest absolute Gasteiger partial charge is 0.330 e. The lowest BCUT2D eigenvalue weighted by Crippen LogP contribution is -2.45. The van der Waals surface area contributed by atoms with Gasteiger partial charge in [0.05, 0.1) is 5.92 Å². The number of hydrogen-bond acceptors (Lipinski definition) is 5. The minimum Gasteiger partial charge on any atom is -0.330 e. The number of rotatable bonds is 6. The van der Waals surface area contributed by atoms with Gasteiger partial charge >= 0.3 is 0 Å². The summed E-state index contributed by atoms with van der Waals surface area (Å²) in [5, 5.41) is 12.4. The van der Waals surface area contributed by atoms with Crippen molar-refractivity contribution in [3.63, 3.8) is 0 Å². The molecule has 170 valence electrons. The average molecular weight is 469 g/mol. The molecule has 1 unspecified atom stereocenters. The quantitative estimate of drug-likeness (QED) is 0.434. The molecule has 1 aliphatic rings. The van der Waals surface area contributed by atoms with Crippen LogP contribution in [0.25, 0.3) is 10.6 Å². The molecular weight excluding hydrogens is 444 g/mol. The van der Waals surface area contributed by atoms with E-state index in [0.717, 1.165) is 28.1 Å². The van der Waals surface area contributed by atoms with Gasteiger partial charge in [-0.2, -0.15) is 0 Å². The first kappa shape index (κ1) is 22.0. The van der Waals surface area contributed by atoms with E-state index >= 15 is 0 Å². The Hall–Kier alpha value is -3.84. The van der Waals surface area contributed by atoms with Crippen LogP contribution in [0.3, 0.4) is 0 Å². The van der Waals surface area contributed by atoms with E-state index in [1.807, 2.05) is 91.0 Å². The highest BCUT2D eigenvalue weighted by molar-refractivity contribution is 7.18. The summed E-state index contributed by atoms with van der Waals surface area (Å²) in [6.45, 7) is 0.554. The number of nitrogens with one attached hydrogen (secondary N) is 1. The molecule has 1 aliphatic heterocycles. The predicted molar refractivity (Wildman–Crippen MR) is 133 cm³/mol. The molecular formula is C27H24N4O2S. The fourth-order valence-electron chi connectivity index (χ4n) is 4.40. The molecule has 2 amide bonds. The van der Waals surface area contributed by atoms with E-state index < -0.39 is 12.0 Å². The molecule has 4 aromatic rings. The summed E-state index contributed by atoms with van der Waals surface area (Å²) in [6, 6.07) is 28.7. The SMILES string of the molecule is O=C(Nc1nnc(-c2ccccc2)s1)C1CCCN1C(=O)C(c1ccccc1)c1ccccc1. The van der Waals surface area contributed by atoms with Crippen LogP contribution in [0.2, 0.25) is 0 Å². The number of amides is 2. The second-order valence-electron chi connectivity index (χ2n) is 8.21. The molecule has 1 N–H and O–H groups in total. The molecule has 6 nitrogen and oxygen atoms in total. The van der Waals surface area contributed by atoms with E-state index in [2.05, 4.69) is 15.5 Å². The van der Waals surface area contributed by atoms with Crippen molar-refractivity contribution in [2.24, 2.45) is 0 Å². The number of carbonyl (C=O) groups excluding carboxylic acids is 2. The van der Waals surface area contributed by atoms with Crippen LogP contribution in [-0.4, -0.2) is 39.5 Å². The molecule has 0 saturated carbocycles. The molecule has 2 heterocycles. The van der Waals surface area contributed by atoms with Crippen LogP contribution in [0.5, 0.6) is 0 Å². The summed E-state index contributed by atoms with van der Waals surface area (Å²) >= 11 is 1.33. The monoisotopic (exact) mass is 468 g/mol. The van der Waals surface area contributed by atoms with Gasteiger partial charge in [0.1, 0.15) is 11.0 Å². The highest BCUT2D eigenvalue weighted by Crippen LogP contribution is 2.31. The maximum Gasteiger partial charge on any atom is 0.249 e. The molecule has 0 bridgehead atoms. The zero-order valence-corrected chi connectivity index (χ0v) is 19.3. The van der Waals surface area contributed by atoms with E-state index in [4.69, 9.17) is 0 Å². The van der Waals surface area contributed by atoms with E-state index in [1.165, 1.54) is 11.3 Å². The lowest BCUT2D eigenvalue weighted by atomic mass is 9.90. The number of hydrogen-bond donors (Lipinski definition) is 1. The van der Waals surface area contributed by atoms with Gasteiger partial charge in [-0.1, -0.05) is 102 Å². The third-order valence-electron chi connectivity index (χ3n) is 6.03. The van der Waals surface area contributed by atoms with Gasteiger partial charge in [-0.3, -0.25) is 14.9 Å². The second-order valence-corrected chi connectivity index (χ2v) is 9.19. The van der Waals surface area contributed by atoms with E-state index in [1.54, 1.807) is 4.90 Å². The third-order valence-corrected chi connectivity index (χ3v) is 6.91. The van der Waals surface area contributed by atoms with Gasteiger partial charge in [0.15, 0.2) is 0 Å². The Labute approximate surface area is 202 Å². The zero-order chi connectivity index (χ0) is 23.3. The summed E-state index contributed by atoms with van der Waals surface area (Å²) in [4.78, 5) is 28.7. The van der Waals surface area contributed by atoms with Crippen molar-refractivity contribution in [3.05, 3.63) is 102 Å². The summed E-state index contributed by atoms with van der Waals surface area (Å²) in [5.74, 6) is -0.735. The molecule has 3 aromatic carbocycles. The standard InChI is InChI=1S/C27H24N4O2S/c32-24(28-27-30-29-25(34-27)21-15-8-3-9-16-21)22-17-10-18-31(22)26(33)23(19-11-4-1-5-12-19)20-13-6-2-7-14-20/h1-9,11-16,22-23H,10,17-18H2,(H,28,30,32). The Kier molecular flexibility index (Phi) is 6.44. The van der Waals surface area contributed by atoms with Gasteiger partial charge in [-0.25, -0.2) is 0 Å². The van der Waals surface area contributed by atoms with E-state index in [-0.39, 0.29) is 11.8 Å². The van der Waals surface area contributed by atoms with Crippen molar-refractivity contribution < 1.29 is 9.59 Å². The van der Waals surface area contributed by atoms with Crippen LogP contribution in [0.15, 0.2) is 91.0 Å². The fraction of sp³-hybridized carbons (Fsp3) is 0.185. The normalized spacial score (nSPS) is 15.4. The molecule has 34 heavy (non-hydrogen) atoms. The van der Waals surface area contributed by atoms with Crippen molar-refractivity contribution in [1.29, 1.82) is 0 Å². The van der Waals surface area contributed by atoms with Crippen LogP contribution in [0.4, 0.5) is 5.13 Å². The van der Waals surface area contributed by atoms with Gasteiger partial charge in [0.25, 0.3) is 0 Å². The lowest BCUT2D eigenvalue weighted by Gasteiger charge is -2.28. The average Bonchev–Trinajstić information content (AvgIpc) is 3.56. The van der Waals surface area contributed by atoms with Crippen molar-refractivity contribution in [2.75, 3.05) is 11.9 Å². The molecule has 1 fully saturated rings. The summed E-state index contributed by atoms with van der Waals surface area (Å²) in [7, 11) is 0. The molecule has 1 saturated heterocycles. The topological polar surface area (TPSA) is 75.2 Å². The molecule has 7 heteroatoms. The predicted octanol–water partition coefficient (Wildman–Crippen LogP) is 4.97. The molecule has 1 atom stereocenters. The summed E-state index contributed by atoms with van der Waals surface area (Å²) < 4.78 is 0. The Bertz CT molecular complexity index is 1220. The Morgan fingerprint density at radius 1 is 0.853 bits per heavy atom. The zero-order valence-electron chi connectivity index (χ0n) is 18.5. The first-order valence-electron chi connectivity index (χ1n) is 11.3. The summed E-state index contributed by atoms with van der Waals surface area (Å²) in [6.07, 6.45) is 1.41. The number of anilines is 1. The van der Waals surface area contributed by atoms with Crippen molar-refractivity contribution in [1.82, 2.24) is 15.1 Å². The first-order chi connectivity index (χ1) is 16.7. The molecule has 5 rings (SSSR count). The van der Waals surface area contributed by atoms with Crippen LogP contribution in [-0.2, 0) is 9.59 Å². The van der Waals surface area contributed by atoms with Crippen LogP contribution in [0, 0.1) is 0 Å². The third kappa shape index (κ3) is 4.61. The van der Waals surface area contributed by atoms with Crippen LogP contribution < -0.4 is 5.32 Å². The van der Waals surface area contributed by atoms with Crippen molar-refractivity contribution >= 4 is 28.3 Å². The Morgan fingerprint density at radius 3 is 2.06 bits per heavy atom. The fourth-order valence-corrected chi connectivity index (χ4v) is 5.15. The van der Waals surface area contributed by atoms with Crippen molar-refractivity contribution in [3.8, 4) is 10.6 Å². The Balaban J connectivity index is 1.36. The maximum atomic E-state index is 13.8. The molecule has 0 spiro atoms. The highest BCUT2D eigenvalue weighted by atomic mass is 32.1. The minimum atomic E-state index is -0.536. The smallest absolute Gasteiger partial charge is 0.249 e. The van der Waals surface area contributed by atoms with Crippen LogP contribution in [0.1, 0.15) is 29.9 Å². The number of likely N-dealkylation sites (tertiary alicyclic amines) is 1. The first-order valence-corrected chi connectivity index (χ1v) is 12.1. The number of nitrogens with zero attached hydrogens (tertiary/aromatic N) is 3. The van der Waals surface area contributed by atoms with Gasteiger partial charge in [-0.05, 0) is 24.0 Å². The van der Waals surface area contributed by atoms with E-state index in [0.29, 0.717) is 18.1 Å². The maximum absolute atomic E-state index is 13.8. The molecule has 1 aromatic heterocycles. The van der Waals surface area contributed by atoms with Gasteiger partial charge in [0.2, 0.25) is 16.9 Å². The minimum absolute atomic E-state index is 0.0581. The van der Waals surface area contributed by atoms with Crippen molar-refractivity contribution in [2.45, 2.75) is 24.8 Å². The van der Waals surface area contributed by atoms with Gasteiger partial charge in [-0.15, -0.1) is 10.2 Å². The second kappa shape index (κ2) is 9.97. The number of benzene rings is 3. The highest BCUT2D eigenvalue weighted by Gasteiger charge is 2.38. The van der Waals surface area contributed by atoms with Crippen LogP contribution >= 0.6 is 11.3 Å². The van der Waals surface area contributed by atoms with Gasteiger partial charge < -0.3 is 4.90 Å². The molecule has 0 aliphatic carbocycles. The number of aromatic nitrogens is 2. The van der Waals surface area contributed by atoms with Gasteiger partial charge in [0, 0.05) is 12.1 Å². The summed E-state index contributed by atoms with van der Waals surface area (Å²) in [5.41, 5.74) is 2.79. The molecule has 0 radical (unpaired) electrons. The number of carbonyl (C=O) groups is 2.